The monoisotopic (exact) mass is 478 g/mol. The predicted molar refractivity (Wildman–Crippen MR) is 140 cm³/mol. The molecule has 36 heavy (non-hydrogen) atoms. The van der Waals surface area contributed by atoms with Crippen molar-refractivity contribution in [2.75, 3.05) is 30.8 Å². The lowest BCUT2D eigenvalue weighted by atomic mass is 10.0. The van der Waals surface area contributed by atoms with E-state index in [0.29, 0.717) is 22.5 Å². The maximum Gasteiger partial charge on any atom is 0.221 e. The minimum atomic E-state index is -0.0570. The van der Waals surface area contributed by atoms with Crippen LogP contribution in [0.4, 0.5) is 11.6 Å². The van der Waals surface area contributed by atoms with Gasteiger partial charge < -0.3 is 20.1 Å². The lowest BCUT2D eigenvalue weighted by Gasteiger charge is -2.34. The Morgan fingerprint density at radius 3 is 2.25 bits per heavy atom. The number of carbonyl (C=O) groups is 1. The Morgan fingerprint density at radius 2 is 1.53 bits per heavy atom. The van der Waals surface area contributed by atoms with Crippen LogP contribution in [0.3, 0.4) is 0 Å². The molecule has 1 saturated heterocycles. The summed E-state index contributed by atoms with van der Waals surface area (Å²) in [5, 5.41) is 0. The van der Waals surface area contributed by atoms with Gasteiger partial charge in [0.05, 0.1) is 24.1 Å². The Labute approximate surface area is 209 Å². The maximum atomic E-state index is 13.6. The third-order valence-corrected chi connectivity index (χ3v) is 6.87. The molecule has 1 fully saturated rings. The lowest BCUT2D eigenvalue weighted by molar-refractivity contribution is 0.104. The Hall–Kier alpha value is -4.39. The fraction of sp³-hybridized carbons (Fsp3) is 0.207. The van der Waals surface area contributed by atoms with Gasteiger partial charge in [0.1, 0.15) is 17.6 Å². The quantitative estimate of drug-likeness (QED) is 0.380. The maximum absolute atomic E-state index is 13.6. The van der Waals surface area contributed by atoms with Gasteiger partial charge in [-0.1, -0.05) is 42.5 Å². The fourth-order valence-electron chi connectivity index (χ4n) is 5.12. The van der Waals surface area contributed by atoms with Crippen molar-refractivity contribution < 1.29 is 14.3 Å². The number of benzene rings is 3. The molecule has 0 unspecified atom stereocenters. The molecule has 0 spiro atoms. The zero-order chi connectivity index (χ0) is 24.6. The average molecular weight is 479 g/mol. The summed E-state index contributed by atoms with van der Waals surface area (Å²) in [6.45, 7) is 1.62. The first-order valence-electron chi connectivity index (χ1n) is 12.1. The van der Waals surface area contributed by atoms with Crippen molar-refractivity contribution in [1.29, 1.82) is 0 Å². The summed E-state index contributed by atoms with van der Waals surface area (Å²) in [5.41, 5.74) is 11.2. The predicted octanol–water partition coefficient (Wildman–Crippen LogP) is 4.99. The van der Waals surface area contributed by atoms with Crippen LogP contribution in [0.5, 0.6) is 11.5 Å². The van der Waals surface area contributed by atoms with Gasteiger partial charge in [-0.3, -0.25) is 4.79 Å². The van der Waals surface area contributed by atoms with Gasteiger partial charge in [-0.25, -0.2) is 9.97 Å². The molecule has 1 aromatic heterocycles. The standard InChI is InChI=1S/C29H26N4O3/c1-35-19-10-12-20(13-11-19)36-21-14-16-33(17-15-21)23-9-5-8-22-24(23)27-25(28(22)34)26(31-29(30)32-27)18-6-3-2-4-7-18/h2-13,21H,14-17H2,1H3,(H2,30,31,32). The number of methoxy groups -OCH3 is 1. The molecular weight excluding hydrogens is 452 g/mol. The van der Waals surface area contributed by atoms with Crippen molar-refractivity contribution in [2.45, 2.75) is 18.9 Å². The largest absolute Gasteiger partial charge is 0.497 e. The molecular formula is C29H26N4O3. The normalized spacial score (nSPS) is 14.9. The molecule has 4 aromatic rings. The van der Waals surface area contributed by atoms with Crippen LogP contribution in [0.1, 0.15) is 28.8 Å². The van der Waals surface area contributed by atoms with E-state index < -0.39 is 0 Å². The number of ketones is 1. The van der Waals surface area contributed by atoms with Gasteiger partial charge in [-0.2, -0.15) is 0 Å². The van der Waals surface area contributed by atoms with E-state index in [-0.39, 0.29) is 17.8 Å². The Kier molecular flexibility index (Phi) is 5.52. The molecule has 1 aliphatic heterocycles. The number of fused-ring (bicyclic) bond motifs is 3. The number of nitrogen functional groups attached to an aromatic ring is 1. The number of rotatable bonds is 5. The molecule has 6 rings (SSSR count). The Morgan fingerprint density at radius 1 is 0.833 bits per heavy atom. The molecule has 3 aromatic carbocycles. The second-order valence-corrected chi connectivity index (χ2v) is 9.03. The molecule has 2 N–H and O–H groups in total. The molecule has 7 nitrogen and oxygen atoms in total. The molecule has 0 bridgehead atoms. The first kappa shape index (κ1) is 22.1. The summed E-state index contributed by atoms with van der Waals surface area (Å²) in [7, 11) is 1.65. The van der Waals surface area contributed by atoms with Crippen molar-refractivity contribution in [1.82, 2.24) is 9.97 Å². The van der Waals surface area contributed by atoms with E-state index >= 15 is 0 Å². The van der Waals surface area contributed by atoms with Gasteiger partial charge in [0.15, 0.2) is 5.78 Å². The third-order valence-electron chi connectivity index (χ3n) is 6.87. The number of piperidine rings is 1. The van der Waals surface area contributed by atoms with Gasteiger partial charge >= 0.3 is 0 Å². The first-order valence-corrected chi connectivity index (χ1v) is 12.1. The number of anilines is 2. The summed E-state index contributed by atoms with van der Waals surface area (Å²) in [5.74, 6) is 1.76. The van der Waals surface area contributed by atoms with Crippen molar-refractivity contribution in [3.05, 3.63) is 83.9 Å². The second kappa shape index (κ2) is 9.00. The van der Waals surface area contributed by atoms with Crippen LogP contribution in [-0.4, -0.2) is 42.1 Å². The zero-order valence-corrected chi connectivity index (χ0v) is 20.0. The van der Waals surface area contributed by atoms with Crippen LogP contribution in [-0.2, 0) is 0 Å². The molecule has 0 amide bonds. The second-order valence-electron chi connectivity index (χ2n) is 9.03. The molecule has 2 aliphatic rings. The molecule has 0 radical (unpaired) electrons. The number of nitrogens with zero attached hydrogens (tertiary/aromatic N) is 3. The van der Waals surface area contributed by atoms with Gasteiger partial charge in [-0.05, 0) is 30.3 Å². The Balaban J connectivity index is 1.29. The van der Waals surface area contributed by atoms with Gasteiger partial charge in [-0.15, -0.1) is 0 Å². The Bertz CT molecular complexity index is 1430. The highest BCUT2D eigenvalue weighted by molar-refractivity contribution is 6.25. The smallest absolute Gasteiger partial charge is 0.221 e. The van der Waals surface area contributed by atoms with Gasteiger partial charge in [0, 0.05) is 48.3 Å². The summed E-state index contributed by atoms with van der Waals surface area (Å²) in [6, 6.07) is 23.2. The van der Waals surface area contributed by atoms with E-state index in [0.717, 1.165) is 54.2 Å². The van der Waals surface area contributed by atoms with Crippen molar-refractivity contribution >= 4 is 17.4 Å². The van der Waals surface area contributed by atoms with Crippen LogP contribution in [0, 0.1) is 0 Å². The number of hydrogen-bond acceptors (Lipinski definition) is 7. The molecule has 180 valence electrons. The lowest BCUT2D eigenvalue weighted by Crippen LogP contribution is -2.38. The van der Waals surface area contributed by atoms with Crippen LogP contribution >= 0.6 is 0 Å². The van der Waals surface area contributed by atoms with Crippen LogP contribution < -0.4 is 20.1 Å². The van der Waals surface area contributed by atoms with Crippen molar-refractivity contribution in [3.63, 3.8) is 0 Å². The van der Waals surface area contributed by atoms with E-state index in [1.165, 1.54) is 0 Å². The number of aromatic nitrogens is 2. The fourth-order valence-corrected chi connectivity index (χ4v) is 5.12. The highest BCUT2D eigenvalue weighted by Gasteiger charge is 2.36. The molecule has 0 saturated carbocycles. The summed E-state index contributed by atoms with van der Waals surface area (Å²) in [6.07, 6.45) is 1.87. The summed E-state index contributed by atoms with van der Waals surface area (Å²) >= 11 is 0. The van der Waals surface area contributed by atoms with Crippen molar-refractivity contribution in [3.8, 4) is 34.0 Å². The highest BCUT2D eigenvalue weighted by Crippen LogP contribution is 2.45. The minimum Gasteiger partial charge on any atom is -0.497 e. The van der Waals surface area contributed by atoms with Crippen LogP contribution in [0.2, 0.25) is 0 Å². The third kappa shape index (κ3) is 3.82. The van der Waals surface area contributed by atoms with Crippen LogP contribution in [0.25, 0.3) is 22.5 Å². The minimum absolute atomic E-state index is 0.0570. The topological polar surface area (TPSA) is 90.6 Å². The molecule has 0 atom stereocenters. The van der Waals surface area contributed by atoms with Gasteiger partial charge in [0.25, 0.3) is 0 Å². The average Bonchev–Trinajstić information content (AvgIpc) is 3.21. The van der Waals surface area contributed by atoms with E-state index in [1.54, 1.807) is 7.11 Å². The SMILES string of the molecule is COc1ccc(OC2CCN(c3cccc4c3-c3nc(N)nc(-c5ccccc5)c3C4=O)CC2)cc1. The van der Waals surface area contributed by atoms with E-state index in [1.807, 2.05) is 66.7 Å². The number of hydrogen-bond donors (Lipinski definition) is 1. The molecule has 1 aliphatic carbocycles. The van der Waals surface area contributed by atoms with E-state index in [9.17, 15) is 4.79 Å². The summed E-state index contributed by atoms with van der Waals surface area (Å²) < 4.78 is 11.4. The van der Waals surface area contributed by atoms with Crippen molar-refractivity contribution in [2.24, 2.45) is 0 Å². The summed E-state index contributed by atoms with van der Waals surface area (Å²) in [4.78, 5) is 24.9. The van der Waals surface area contributed by atoms with E-state index in [4.69, 9.17) is 15.2 Å². The van der Waals surface area contributed by atoms with Gasteiger partial charge in [0.2, 0.25) is 5.95 Å². The van der Waals surface area contributed by atoms with E-state index in [2.05, 4.69) is 20.9 Å². The number of carbonyl (C=O) groups excluding carboxylic acids is 1. The van der Waals surface area contributed by atoms with Crippen LogP contribution in [0.15, 0.2) is 72.8 Å². The zero-order valence-electron chi connectivity index (χ0n) is 20.0. The number of ether oxygens (including phenoxy) is 2. The molecule has 2 heterocycles. The molecule has 7 heteroatoms. The number of nitrogens with two attached hydrogens (primary N) is 1. The first-order chi connectivity index (χ1) is 17.6. The highest BCUT2D eigenvalue weighted by atomic mass is 16.5.